The summed E-state index contributed by atoms with van der Waals surface area (Å²) in [7, 11) is 3.14. The van der Waals surface area contributed by atoms with Crippen LogP contribution in [0, 0.1) is 0 Å². The predicted molar refractivity (Wildman–Crippen MR) is 136 cm³/mol. The summed E-state index contributed by atoms with van der Waals surface area (Å²) in [4.78, 5) is 25.3. The van der Waals surface area contributed by atoms with Crippen LogP contribution < -0.4 is 14.4 Å². The summed E-state index contributed by atoms with van der Waals surface area (Å²) in [5.41, 5.74) is 6.00. The van der Waals surface area contributed by atoms with Crippen molar-refractivity contribution in [2.24, 2.45) is 0 Å². The first-order chi connectivity index (χ1) is 17.2. The van der Waals surface area contributed by atoms with Gasteiger partial charge in [0.1, 0.15) is 0 Å². The molecule has 7 nitrogen and oxygen atoms in total. The Balaban J connectivity index is 1.53. The lowest BCUT2D eigenvalue weighted by Gasteiger charge is -2.25. The number of para-hydroxylation sites is 1. The number of carbonyl (C=O) groups excluding carboxylic acids is 1. The van der Waals surface area contributed by atoms with E-state index in [2.05, 4.69) is 45.2 Å². The number of nitrogens with zero attached hydrogens (tertiary/aromatic N) is 3. The number of anilines is 1. The molecule has 0 aliphatic carbocycles. The van der Waals surface area contributed by atoms with E-state index in [0.29, 0.717) is 43.2 Å². The molecule has 1 aliphatic rings. The third kappa shape index (κ3) is 4.57. The average Bonchev–Trinajstić information content (AvgIpc) is 3.36. The maximum atomic E-state index is 13.7. The summed E-state index contributed by atoms with van der Waals surface area (Å²) in [6, 6.07) is 22.2. The van der Waals surface area contributed by atoms with Gasteiger partial charge in [0, 0.05) is 31.5 Å². The fourth-order valence-corrected chi connectivity index (χ4v) is 4.62. The second-order valence-corrected chi connectivity index (χ2v) is 8.48. The monoisotopic (exact) mass is 468 g/mol. The fourth-order valence-electron chi connectivity index (χ4n) is 4.62. The Morgan fingerprint density at radius 2 is 1.83 bits per heavy atom. The minimum Gasteiger partial charge on any atom is -0.493 e. The number of nitrogens with one attached hydrogen (secondary N) is 1. The van der Waals surface area contributed by atoms with E-state index < -0.39 is 0 Å². The lowest BCUT2D eigenvalue weighted by molar-refractivity contribution is 0.0747. The van der Waals surface area contributed by atoms with Crippen molar-refractivity contribution in [3.8, 4) is 22.6 Å². The molecular weight excluding hydrogens is 440 g/mol. The van der Waals surface area contributed by atoms with Crippen LogP contribution >= 0.6 is 0 Å². The molecule has 0 saturated heterocycles. The highest BCUT2D eigenvalue weighted by atomic mass is 16.5. The van der Waals surface area contributed by atoms with E-state index in [1.165, 1.54) is 0 Å². The molecule has 1 amide bonds. The van der Waals surface area contributed by atoms with Gasteiger partial charge in [0.25, 0.3) is 5.91 Å². The highest BCUT2D eigenvalue weighted by molar-refractivity contribution is 5.98. The van der Waals surface area contributed by atoms with E-state index >= 15 is 0 Å². The lowest BCUT2D eigenvalue weighted by Crippen LogP contribution is -2.35. The van der Waals surface area contributed by atoms with Crippen LogP contribution in [0.5, 0.6) is 11.5 Å². The first-order valence-corrected chi connectivity index (χ1v) is 11.6. The smallest absolute Gasteiger partial charge is 0.258 e. The Morgan fingerprint density at radius 3 is 2.57 bits per heavy atom. The number of imidazole rings is 1. The zero-order chi connectivity index (χ0) is 24.2. The van der Waals surface area contributed by atoms with Crippen molar-refractivity contribution in [1.82, 2.24) is 14.9 Å². The fraction of sp³-hybridized carbons (Fsp3) is 0.214. The molecule has 0 fully saturated rings. The first-order valence-electron chi connectivity index (χ1n) is 11.6. The number of carbonyl (C=O) groups is 1. The summed E-state index contributed by atoms with van der Waals surface area (Å²) in [6.45, 7) is 2.44. The van der Waals surface area contributed by atoms with Gasteiger partial charge in [-0.05, 0) is 41.0 Å². The Bertz CT molecular complexity index is 1310. The van der Waals surface area contributed by atoms with Crippen LogP contribution in [0.3, 0.4) is 0 Å². The zero-order valence-corrected chi connectivity index (χ0v) is 19.9. The van der Waals surface area contributed by atoms with Crippen LogP contribution in [0.4, 0.5) is 5.69 Å². The van der Waals surface area contributed by atoms with Gasteiger partial charge >= 0.3 is 0 Å². The van der Waals surface area contributed by atoms with E-state index in [4.69, 9.17) is 9.47 Å². The normalized spacial score (nSPS) is 13.2. The summed E-state index contributed by atoms with van der Waals surface area (Å²) in [5, 5.41) is 0. The number of hydrogen-bond acceptors (Lipinski definition) is 5. The number of aromatic amines is 1. The van der Waals surface area contributed by atoms with Gasteiger partial charge < -0.3 is 24.3 Å². The summed E-state index contributed by atoms with van der Waals surface area (Å²) < 4.78 is 11.0. The van der Waals surface area contributed by atoms with Crippen molar-refractivity contribution < 1.29 is 14.3 Å². The summed E-state index contributed by atoms with van der Waals surface area (Å²) >= 11 is 0. The number of aromatic nitrogens is 2. The maximum Gasteiger partial charge on any atom is 0.258 e. The molecule has 1 aromatic heterocycles. The van der Waals surface area contributed by atoms with Crippen molar-refractivity contribution in [1.29, 1.82) is 0 Å². The number of hydrogen-bond donors (Lipinski definition) is 1. The molecule has 2 heterocycles. The molecule has 0 bridgehead atoms. The largest absolute Gasteiger partial charge is 0.493 e. The molecule has 3 aromatic carbocycles. The van der Waals surface area contributed by atoms with E-state index in [9.17, 15) is 4.79 Å². The van der Waals surface area contributed by atoms with Gasteiger partial charge in [0.2, 0.25) is 0 Å². The zero-order valence-electron chi connectivity index (χ0n) is 19.9. The van der Waals surface area contributed by atoms with E-state index in [1.807, 2.05) is 35.4 Å². The van der Waals surface area contributed by atoms with Crippen molar-refractivity contribution >= 4 is 11.6 Å². The predicted octanol–water partition coefficient (Wildman–Crippen LogP) is 4.76. The number of H-pyrrole nitrogens is 1. The maximum absolute atomic E-state index is 13.7. The van der Waals surface area contributed by atoms with E-state index in [1.54, 1.807) is 32.7 Å². The Kier molecular flexibility index (Phi) is 6.39. The van der Waals surface area contributed by atoms with Gasteiger partial charge in [-0.15, -0.1) is 0 Å². The van der Waals surface area contributed by atoms with Crippen LogP contribution in [-0.4, -0.2) is 48.1 Å². The molecule has 35 heavy (non-hydrogen) atoms. The number of benzene rings is 3. The van der Waals surface area contributed by atoms with Gasteiger partial charge in [-0.25, -0.2) is 4.98 Å². The van der Waals surface area contributed by atoms with Crippen molar-refractivity contribution in [2.45, 2.75) is 13.1 Å². The second-order valence-electron chi connectivity index (χ2n) is 8.48. The molecule has 0 atom stereocenters. The molecule has 0 saturated carbocycles. The van der Waals surface area contributed by atoms with E-state index in [0.717, 1.165) is 28.1 Å². The highest BCUT2D eigenvalue weighted by Crippen LogP contribution is 2.34. The third-order valence-corrected chi connectivity index (χ3v) is 6.36. The van der Waals surface area contributed by atoms with Crippen molar-refractivity contribution in [3.63, 3.8) is 0 Å². The third-order valence-electron chi connectivity index (χ3n) is 6.36. The van der Waals surface area contributed by atoms with Crippen LogP contribution in [-0.2, 0) is 13.1 Å². The molecule has 0 spiro atoms. The van der Waals surface area contributed by atoms with Crippen LogP contribution in [0.25, 0.3) is 11.1 Å². The number of amides is 1. The topological polar surface area (TPSA) is 70.7 Å². The minimum absolute atomic E-state index is 0.0831. The number of methoxy groups -OCH3 is 2. The van der Waals surface area contributed by atoms with Crippen LogP contribution in [0.15, 0.2) is 79.3 Å². The lowest BCUT2D eigenvalue weighted by atomic mass is 10.0. The number of fused-ring (bicyclic) bond motifs is 1. The molecule has 178 valence electrons. The van der Waals surface area contributed by atoms with Gasteiger partial charge in [-0.1, -0.05) is 42.5 Å². The van der Waals surface area contributed by atoms with Gasteiger partial charge in [0.15, 0.2) is 11.5 Å². The molecular formula is C28H28N4O3. The molecule has 0 unspecified atom stereocenters. The van der Waals surface area contributed by atoms with Crippen LogP contribution in [0.2, 0.25) is 0 Å². The molecule has 7 heteroatoms. The molecule has 4 aromatic rings. The van der Waals surface area contributed by atoms with Crippen molar-refractivity contribution in [3.05, 3.63) is 96.1 Å². The highest BCUT2D eigenvalue weighted by Gasteiger charge is 2.27. The van der Waals surface area contributed by atoms with Crippen LogP contribution in [0.1, 0.15) is 21.6 Å². The standard InChI is InChI=1S/C28H28N4O3/c1-34-26-10-6-9-24(27(26)35-2)28(33)32-14-13-31(18-23-16-29-19-30-23)25-12-11-21(15-22(25)17-32)20-7-4-3-5-8-20/h3-12,15-16,19H,13-14,17-18H2,1-2H3,(H,29,30). The Morgan fingerprint density at radius 1 is 0.971 bits per heavy atom. The average molecular weight is 469 g/mol. The Hall–Kier alpha value is -4.26. The minimum atomic E-state index is -0.0831. The first kappa shape index (κ1) is 22.5. The van der Waals surface area contributed by atoms with Gasteiger partial charge in [-0.3, -0.25) is 4.79 Å². The summed E-state index contributed by atoms with van der Waals surface area (Å²) in [5.74, 6) is 0.915. The SMILES string of the molecule is COc1cccc(C(=O)N2CCN(Cc3cnc[nH]3)c3ccc(-c4ccccc4)cc3C2)c1OC. The molecule has 0 radical (unpaired) electrons. The number of ether oxygens (including phenoxy) is 2. The van der Waals surface area contributed by atoms with Gasteiger partial charge in [0.05, 0.1) is 38.3 Å². The van der Waals surface area contributed by atoms with E-state index in [-0.39, 0.29) is 5.91 Å². The van der Waals surface area contributed by atoms with Gasteiger partial charge in [-0.2, -0.15) is 0 Å². The van der Waals surface area contributed by atoms with Crippen molar-refractivity contribution in [2.75, 3.05) is 32.2 Å². The second kappa shape index (κ2) is 9.93. The molecule has 5 rings (SSSR count). The Labute approximate surface area is 204 Å². The molecule has 1 N–H and O–H groups in total. The summed E-state index contributed by atoms with van der Waals surface area (Å²) in [6.07, 6.45) is 3.53. The quantitative estimate of drug-likeness (QED) is 0.442. The number of rotatable bonds is 6. The molecule has 1 aliphatic heterocycles.